The molecule has 1 heterocycles. The van der Waals surface area contributed by atoms with Gasteiger partial charge in [-0.05, 0) is 50.2 Å². The third kappa shape index (κ3) is 6.34. The summed E-state index contributed by atoms with van der Waals surface area (Å²) < 4.78 is 0. The van der Waals surface area contributed by atoms with Gasteiger partial charge < -0.3 is 10.2 Å². The average Bonchev–Trinajstić information content (AvgIpc) is 2.97. The quantitative estimate of drug-likeness (QED) is 0.743. The third-order valence-electron chi connectivity index (χ3n) is 3.76. The predicted octanol–water partition coefficient (Wildman–Crippen LogP) is 2.75. The van der Waals surface area contributed by atoms with Gasteiger partial charge in [0.2, 0.25) is 5.91 Å². The van der Waals surface area contributed by atoms with Crippen LogP contribution in [0.15, 0.2) is 24.3 Å². The molecule has 1 aromatic rings. The minimum absolute atomic E-state index is 0. The number of Topliss-reactive ketones (excluding diaryl/α,β-unsaturated/α-hetero) is 1. The molecular formula is C16H22Cl2N2O2S. The van der Waals surface area contributed by atoms with Gasteiger partial charge in [0.15, 0.2) is 5.78 Å². The molecule has 4 nitrogen and oxygen atoms in total. The van der Waals surface area contributed by atoms with E-state index in [1.54, 1.807) is 24.3 Å². The van der Waals surface area contributed by atoms with Gasteiger partial charge in [0.1, 0.15) is 0 Å². The number of hydrogen-bond acceptors (Lipinski definition) is 4. The Labute approximate surface area is 152 Å². The summed E-state index contributed by atoms with van der Waals surface area (Å²) in [5.74, 6) is 1.40. The summed E-state index contributed by atoms with van der Waals surface area (Å²) in [5, 5.41) is 3.77. The van der Waals surface area contributed by atoms with Crippen LogP contribution in [0.25, 0.3) is 0 Å². The average molecular weight is 377 g/mol. The molecule has 1 aliphatic heterocycles. The molecule has 0 bridgehead atoms. The predicted molar refractivity (Wildman–Crippen MR) is 99.0 cm³/mol. The fourth-order valence-electron chi connectivity index (χ4n) is 2.56. The highest BCUT2D eigenvalue weighted by molar-refractivity contribution is 8.00. The van der Waals surface area contributed by atoms with Crippen LogP contribution in [0.2, 0.25) is 5.02 Å². The lowest BCUT2D eigenvalue weighted by Gasteiger charge is -2.16. The Bertz CT molecular complexity index is 525. The molecule has 1 atom stereocenters. The Morgan fingerprint density at radius 1 is 1.30 bits per heavy atom. The van der Waals surface area contributed by atoms with Crippen molar-refractivity contribution in [2.75, 3.05) is 38.2 Å². The van der Waals surface area contributed by atoms with E-state index in [1.807, 2.05) is 11.9 Å². The summed E-state index contributed by atoms with van der Waals surface area (Å²) in [4.78, 5) is 26.0. The van der Waals surface area contributed by atoms with Crippen LogP contribution < -0.4 is 5.32 Å². The molecule has 1 aliphatic rings. The van der Waals surface area contributed by atoms with Crippen LogP contribution in [-0.4, -0.2) is 54.8 Å². The van der Waals surface area contributed by atoms with Crippen LogP contribution in [-0.2, 0) is 4.79 Å². The van der Waals surface area contributed by atoms with E-state index in [0.29, 0.717) is 28.0 Å². The SMILES string of the molecule is CNCC1CCN(C(=O)CSCC(=O)c2ccc(Cl)cc2)C1.Cl. The van der Waals surface area contributed by atoms with Crippen molar-refractivity contribution in [2.24, 2.45) is 5.92 Å². The summed E-state index contributed by atoms with van der Waals surface area (Å²) in [7, 11) is 1.93. The molecule has 0 spiro atoms. The van der Waals surface area contributed by atoms with Crippen LogP contribution in [0, 0.1) is 5.92 Å². The summed E-state index contributed by atoms with van der Waals surface area (Å²) in [6.07, 6.45) is 1.06. The van der Waals surface area contributed by atoms with Crippen molar-refractivity contribution < 1.29 is 9.59 Å². The molecule has 1 N–H and O–H groups in total. The van der Waals surface area contributed by atoms with Crippen molar-refractivity contribution in [1.82, 2.24) is 10.2 Å². The smallest absolute Gasteiger partial charge is 0.232 e. The van der Waals surface area contributed by atoms with E-state index in [9.17, 15) is 9.59 Å². The maximum atomic E-state index is 12.1. The van der Waals surface area contributed by atoms with E-state index in [-0.39, 0.29) is 24.1 Å². The molecular weight excluding hydrogens is 355 g/mol. The molecule has 1 unspecified atom stereocenters. The maximum Gasteiger partial charge on any atom is 0.232 e. The zero-order valence-corrected chi connectivity index (χ0v) is 15.5. The van der Waals surface area contributed by atoms with Gasteiger partial charge in [-0.2, -0.15) is 0 Å². The minimum Gasteiger partial charge on any atom is -0.342 e. The van der Waals surface area contributed by atoms with Crippen LogP contribution in [0.1, 0.15) is 16.8 Å². The van der Waals surface area contributed by atoms with Crippen molar-refractivity contribution in [3.8, 4) is 0 Å². The lowest BCUT2D eigenvalue weighted by atomic mass is 10.1. The fourth-order valence-corrected chi connectivity index (χ4v) is 3.49. The molecule has 0 radical (unpaired) electrons. The molecule has 128 valence electrons. The normalized spacial score (nSPS) is 17.0. The van der Waals surface area contributed by atoms with Gasteiger partial charge in [0.25, 0.3) is 0 Å². The van der Waals surface area contributed by atoms with E-state index in [4.69, 9.17) is 11.6 Å². The Hall–Kier alpha value is -0.750. The van der Waals surface area contributed by atoms with Gasteiger partial charge in [-0.3, -0.25) is 9.59 Å². The number of carbonyl (C=O) groups is 2. The number of rotatable bonds is 7. The van der Waals surface area contributed by atoms with Crippen molar-refractivity contribution >= 4 is 47.5 Å². The summed E-state index contributed by atoms with van der Waals surface area (Å²) in [6.45, 7) is 2.61. The molecule has 0 aliphatic carbocycles. The first-order valence-corrected chi connectivity index (χ1v) is 8.92. The number of ketones is 1. The number of amides is 1. The first-order valence-electron chi connectivity index (χ1n) is 7.39. The number of carbonyl (C=O) groups excluding carboxylic acids is 2. The number of thioether (sulfide) groups is 1. The van der Waals surface area contributed by atoms with E-state index < -0.39 is 0 Å². The standard InChI is InChI=1S/C16H21ClN2O2S.ClH/c1-18-8-12-6-7-19(9-12)16(21)11-22-10-15(20)13-2-4-14(17)5-3-13;/h2-5,12,18H,6-11H2,1H3;1H. The van der Waals surface area contributed by atoms with Crippen LogP contribution in [0.3, 0.4) is 0 Å². The van der Waals surface area contributed by atoms with Crippen LogP contribution >= 0.6 is 35.8 Å². The number of nitrogens with one attached hydrogen (secondary N) is 1. The maximum absolute atomic E-state index is 12.1. The van der Waals surface area contributed by atoms with Crippen molar-refractivity contribution in [3.63, 3.8) is 0 Å². The number of benzene rings is 1. The highest BCUT2D eigenvalue weighted by Gasteiger charge is 2.25. The molecule has 1 aromatic carbocycles. The number of likely N-dealkylation sites (tertiary alicyclic amines) is 1. The zero-order valence-electron chi connectivity index (χ0n) is 13.1. The van der Waals surface area contributed by atoms with E-state index in [1.165, 1.54) is 11.8 Å². The second kappa shape index (κ2) is 10.2. The van der Waals surface area contributed by atoms with Gasteiger partial charge in [-0.15, -0.1) is 24.2 Å². The largest absolute Gasteiger partial charge is 0.342 e. The van der Waals surface area contributed by atoms with Gasteiger partial charge in [-0.25, -0.2) is 0 Å². The second-order valence-corrected chi connectivity index (χ2v) is 6.90. The molecule has 7 heteroatoms. The van der Waals surface area contributed by atoms with E-state index >= 15 is 0 Å². The third-order valence-corrected chi connectivity index (χ3v) is 4.93. The Balaban J connectivity index is 0.00000264. The summed E-state index contributed by atoms with van der Waals surface area (Å²) in [5.41, 5.74) is 0.639. The Kier molecular flexibility index (Phi) is 8.99. The molecule has 2 rings (SSSR count). The molecule has 1 saturated heterocycles. The van der Waals surface area contributed by atoms with Crippen molar-refractivity contribution in [3.05, 3.63) is 34.9 Å². The lowest BCUT2D eigenvalue weighted by Crippen LogP contribution is -2.31. The van der Waals surface area contributed by atoms with Crippen molar-refractivity contribution in [1.29, 1.82) is 0 Å². The Morgan fingerprint density at radius 3 is 2.65 bits per heavy atom. The minimum atomic E-state index is 0. The number of halogens is 2. The molecule has 23 heavy (non-hydrogen) atoms. The molecule has 1 amide bonds. The second-order valence-electron chi connectivity index (χ2n) is 5.48. The Morgan fingerprint density at radius 2 is 2.00 bits per heavy atom. The van der Waals surface area contributed by atoms with Gasteiger partial charge in [-0.1, -0.05) is 11.6 Å². The van der Waals surface area contributed by atoms with Gasteiger partial charge >= 0.3 is 0 Å². The molecule has 0 aromatic heterocycles. The topological polar surface area (TPSA) is 49.4 Å². The first kappa shape index (κ1) is 20.3. The summed E-state index contributed by atoms with van der Waals surface area (Å²) >= 11 is 7.18. The lowest BCUT2D eigenvalue weighted by molar-refractivity contribution is -0.127. The molecule has 1 fully saturated rings. The number of hydrogen-bond donors (Lipinski definition) is 1. The van der Waals surface area contributed by atoms with Gasteiger partial charge in [0, 0.05) is 23.7 Å². The monoisotopic (exact) mass is 376 g/mol. The van der Waals surface area contributed by atoms with E-state index in [2.05, 4.69) is 5.32 Å². The molecule has 0 saturated carbocycles. The van der Waals surface area contributed by atoms with Crippen molar-refractivity contribution in [2.45, 2.75) is 6.42 Å². The van der Waals surface area contributed by atoms with Crippen LogP contribution in [0.4, 0.5) is 0 Å². The summed E-state index contributed by atoms with van der Waals surface area (Å²) in [6, 6.07) is 6.85. The fraction of sp³-hybridized carbons (Fsp3) is 0.500. The van der Waals surface area contributed by atoms with E-state index in [0.717, 1.165) is 26.1 Å². The van der Waals surface area contributed by atoms with Crippen LogP contribution in [0.5, 0.6) is 0 Å². The zero-order chi connectivity index (χ0) is 15.9. The highest BCUT2D eigenvalue weighted by Crippen LogP contribution is 2.17. The highest BCUT2D eigenvalue weighted by atomic mass is 35.5. The van der Waals surface area contributed by atoms with Gasteiger partial charge in [0.05, 0.1) is 11.5 Å². The first-order chi connectivity index (χ1) is 10.6. The number of nitrogens with zero attached hydrogens (tertiary/aromatic N) is 1.